The van der Waals surface area contributed by atoms with Crippen molar-refractivity contribution in [3.8, 4) is 0 Å². The molecule has 2 saturated carbocycles. The molecule has 20 heavy (non-hydrogen) atoms. The lowest BCUT2D eigenvalue weighted by Gasteiger charge is -2.39. The van der Waals surface area contributed by atoms with Gasteiger partial charge in [0.15, 0.2) is 0 Å². The summed E-state index contributed by atoms with van der Waals surface area (Å²) in [5.74, 6) is 1.35. The molecule has 0 aromatic carbocycles. The van der Waals surface area contributed by atoms with Crippen molar-refractivity contribution in [3.05, 3.63) is 0 Å². The summed E-state index contributed by atoms with van der Waals surface area (Å²) in [6.07, 6.45) is 8.05. The molecule has 2 unspecified atom stereocenters. The topological polar surface area (TPSA) is 49.3 Å². The molecule has 0 aromatic heterocycles. The molecule has 0 bridgehead atoms. The summed E-state index contributed by atoms with van der Waals surface area (Å²) in [7, 11) is 0. The molecule has 2 fully saturated rings. The van der Waals surface area contributed by atoms with Crippen LogP contribution in [0.25, 0.3) is 0 Å². The van der Waals surface area contributed by atoms with Gasteiger partial charge in [-0.3, -0.25) is 4.79 Å². The fourth-order valence-electron chi connectivity index (χ4n) is 4.51. The van der Waals surface area contributed by atoms with Crippen molar-refractivity contribution in [1.82, 2.24) is 5.32 Å². The SMILES string of the molecule is CC1CC(CC(=O)NCC2(O)CCCC2)CC(C)(C)C1. The van der Waals surface area contributed by atoms with Gasteiger partial charge in [-0.25, -0.2) is 0 Å². The summed E-state index contributed by atoms with van der Waals surface area (Å²) in [5.41, 5.74) is -0.263. The number of nitrogens with one attached hydrogen (secondary N) is 1. The highest BCUT2D eigenvalue weighted by Crippen LogP contribution is 2.42. The Morgan fingerprint density at radius 3 is 2.50 bits per heavy atom. The molecule has 0 aliphatic heterocycles. The summed E-state index contributed by atoms with van der Waals surface area (Å²) in [4.78, 5) is 12.1. The number of hydrogen-bond acceptors (Lipinski definition) is 2. The molecule has 2 atom stereocenters. The normalized spacial score (nSPS) is 32.0. The zero-order valence-electron chi connectivity index (χ0n) is 13.4. The first-order valence-electron chi connectivity index (χ1n) is 8.27. The monoisotopic (exact) mass is 281 g/mol. The number of aliphatic hydroxyl groups is 1. The van der Waals surface area contributed by atoms with Crippen molar-refractivity contribution < 1.29 is 9.90 Å². The average molecular weight is 281 g/mol. The zero-order valence-corrected chi connectivity index (χ0v) is 13.4. The summed E-state index contributed by atoms with van der Waals surface area (Å²) in [5, 5.41) is 13.2. The van der Waals surface area contributed by atoms with E-state index >= 15 is 0 Å². The number of amides is 1. The molecule has 0 heterocycles. The number of carbonyl (C=O) groups is 1. The Labute approximate surface area is 123 Å². The maximum atomic E-state index is 12.1. The van der Waals surface area contributed by atoms with Crippen LogP contribution in [0.15, 0.2) is 0 Å². The molecule has 116 valence electrons. The molecule has 0 aromatic rings. The minimum atomic E-state index is -0.630. The van der Waals surface area contributed by atoms with Gasteiger partial charge in [0, 0.05) is 13.0 Å². The van der Waals surface area contributed by atoms with Gasteiger partial charge in [-0.1, -0.05) is 33.6 Å². The fraction of sp³-hybridized carbons (Fsp3) is 0.941. The second-order valence-electron chi connectivity index (χ2n) is 8.19. The van der Waals surface area contributed by atoms with Gasteiger partial charge in [-0.2, -0.15) is 0 Å². The third kappa shape index (κ3) is 4.47. The predicted molar refractivity (Wildman–Crippen MR) is 81.3 cm³/mol. The highest BCUT2D eigenvalue weighted by atomic mass is 16.3. The Bertz CT molecular complexity index is 345. The lowest BCUT2D eigenvalue weighted by atomic mass is 9.67. The van der Waals surface area contributed by atoms with Crippen LogP contribution in [0.4, 0.5) is 0 Å². The molecule has 0 saturated heterocycles. The highest BCUT2D eigenvalue weighted by molar-refractivity contribution is 5.76. The maximum Gasteiger partial charge on any atom is 0.220 e. The van der Waals surface area contributed by atoms with Gasteiger partial charge >= 0.3 is 0 Å². The smallest absolute Gasteiger partial charge is 0.220 e. The average Bonchev–Trinajstić information content (AvgIpc) is 2.71. The van der Waals surface area contributed by atoms with Crippen molar-refractivity contribution >= 4 is 5.91 Å². The molecule has 0 spiro atoms. The van der Waals surface area contributed by atoms with Gasteiger partial charge in [-0.05, 0) is 49.4 Å². The van der Waals surface area contributed by atoms with Gasteiger partial charge in [0.25, 0.3) is 0 Å². The molecule has 1 amide bonds. The zero-order chi connectivity index (χ0) is 14.8. The van der Waals surface area contributed by atoms with E-state index in [4.69, 9.17) is 0 Å². The standard InChI is InChI=1S/C17H31NO2/c1-13-8-14(11-16(2,3)10-13)9-15(19)18-12-17(20)6-4-5-7-17/h13-14,20H,4-12H2,1-3H3,(H,18,19). The first kappa shape index (κ1) is 15.8. The van der Waals surface area contributed by atoms with Crippen molar-refractivity contribution in [2.45, 2.75) is 77.7 Å². The van der Waals surface area contributed by atoms with E-state index in [9.17, 15) is 9.90 Å². The second kappa shape index (κ2) is 6.05. The largest absolute Gasteiger partial charge is 0.388 e. The van der Waals surface area contributed by atoms with Crippen LogP contribution in [0.1, 0.15) is 72.1 Å². The van der Waals surface area contributed by atoms with E-state index in [-0.39, 0.29) is 5.91 Å². The van der Waals surface area contributed by atoms with Crippen molar-refractivity contribution in [3.63, 3.8) is 0 Å². The lowest BCUT2D eigenvalue weighted by molar-refractivity contribution is -0.123. The predicted octanol–water partition coefficient (Wildman–Crippen LogP) is 3.26. The van der Waals surface area contributed by atoms with Crippen LogP contribution >= 0.6 is 0 Å². The van der Waals surface area contributed by atoms with E-state index in [1.807, 2.05) is 0 Å². The lowest BCUT2D eigenvalue weighted by Crippen LogP contribution is -2.41. The van der Waals surface area contributed by atoms with Crippen LogP contribution in [0, 0.1) is 17.3 Å². The number of carbonyl (C=O) groups excluding carboxylic acids is 1. The molecule has 2 N–H and O–H groups in total. The quantitative estimate of drug-likeness (QED) is 0.831. The molecule has 0 radical (unpaired) electrons. The molecule has 2 aliphatic rings. The van der Waals surface area contributed by atoms with Gasteiger partial charge in [-0.15, -0.1) is 0 Å². The van der Waals surface area contributed by atoms with Crippen LogP contribution in [-0.4, -0.2) is 23.2 Å². The van der Waals surface area contributed by atoms with Crippen molar-refractivity contribution in [2.75, 3.05) is 6.54 Å². The third-order valence-corrected chi connectivity index (χ3v) is 5.10. The minimum Gasteiger partial charge on any atom is -0.388 e. The van der Waals surface area contributed by atoms with E-state index in [0.29, 0.717) is 24.3 Å². The molecular weight excluding hydrogens is 250 g/mol. The molecule has 2 aliphatic carbocycles. The van der Waals surface area contributed by atoms with E-state index in [0.717, 1.165) is 38.0 Å². The van der Waals surface area contributed by atoms with Crippen LogP contribution < -0.4 is 5.32 Å². The van der Waals surface area contributed by atoms with E-state index in [1.165, 1.54) is 12.8 Å². The molecule has 2 rings (SSSR count). The second-order valence-corrected chi connectivity index (χ2v) is 8.19. The van der Waals surface area contributed by atoms with Crippen LogP contribution in [0.3, 0.4) is 0 Å². The summed E-state index contributed by atoms with van der Waals surface area (Å²) in [6, 6.07) is 0. The van der Waals surface area contributed by atoms with Gasteiger partial charge in [0.05, 0.1) is 5.60 Å². The highest BCUT2D eigenvalue weighted by Gasteiger charge is 2.34. The third-order valence-electron chi connectivity index (χ3n) is 5.10. The molecular formula is C17H31NO2. The van der Waals surface area contributed by atoms with E-state index < -0.39 is 5.60 Å². The Morgan fingerprint density at radius 2 is 1.90 bits per heavy atom. The Kier molecular flexibility index (Phi) is 4.78. The maximum absolute atomic E-state index is 12.1. The molecule has 3 nitrogen and oxygen atoms in total. The summed E-state index contributed by atoms with van der Waals surface area (Å²) < 4.78 is 0. The Morgan fingerprint density at radius 1 is 1.25 bits per heavy atom. The van der Waals surface area contributed by atoms with Gasteiger partial charge in [0.2, 0.25) is 5.91 Å². The van der Waals surface area contributed by atoms with E-state index in [2.05, 4.69) is 26.1 Å². The number of hydrogen-bond donors (Lipinski definition) is 2. The molecule has 3 heteroatoms. The summed E-state index contributed by atoms with van der Waals surface area (Å²) in [6.45, 7) is 7.37. The summed E-state index contributed by atoms with van der Waals surface area (Å²) >= 11 is 0. The van der Waals surface area contributed by atoms with E-state index in [1.54, 1.807) is 0 Å². The van der Waals surface area contributed by atoms with Crippen LogP contribution in [-0.2, 0) is 4.79 Å². The van der Waals surface area contributed by atoms with Crippen LogP contribution in [0.2, 0.25) is 0 Å². The van der Waals surface area contributed by atoms with Crippen LogP contribution in [0.5, 0.6) is 0 Å². The number of rotatable bonds is 4. The van der Waals surface area contributed by atoms with Gasteiger partial charge < -0.3 is 10.4 Å². The van der Waals surface area contributed by atoms with Gasteiger partial charge in [0.1, 0.15) is 0 Å². The Hall–Kier alpha value is -0.570. The Balaban J connectivity index is 1.76. The van der Waals surface area contributed by atoms with Crippen molar-refractivity contribution in [1.29, 1.82) is 0 Å². The van der Waals surface area contributed by atoms with Crippen molar-refractivity contribution in [2.24, 2.45) is 17.3 Å². The minimum absolute atomic E-state index is 0.125. The first-order chi connectivity index (χ1) is 9.28. The fourth-order valence-corrected chi connectivity index (χ4v) is 4.51. The first-order valence-corrected chi connectivity index (χ1v) is 8.27.